The number of nitrogens with zero attached hydrogens (tertiary/aromatic N) is 1. The fourth-order valence-electron chi connectivity index (χ4n) is 3.08. The number of hydrogen-bond acceptors (Lipinski definition) is 4. The molecule has 2 atom stereocenters. The Bertz CT molecular complexity index is 770. The summed E-state index contributed by atoms with van der Waals surface area (Å²) in [4.78, 5) is 13.5. The van der Waals surface area contributed by atoms with Crippen LogP contribution in [0.25, 0.3) is 0 Å². The Hall–Kier alpha value is -2.57. The predicted molar refractivity (Wildman–Crippen MR) is 103 cm³/mol. The van der Waals surface area contributed by atoms with Gasteiger partial charge in [0.25, 0.3) is 0 Å². The molecule has 7 heteroatoms. The van der Waals surface area contributed by atoms with Crippen LogP contribution in [0.1, 0.15) is 17.5 Å². The van der Waals surface area contributed by atoms with Gasteiger partial charge in [-0.25, -0.2) is 4.79 Å². The lowest BCUT2D eigenvalue weighted by Crippen LogP contribution is -2.36. The molecule has 2 aromatic carbocycles. The summed E-state index contributed by atoms with van der Waals surface area (Å²) in [6.07, 6.45) is 0.259. The van der Waals surface area contributed by atoms with Crippen molar-refractivity contribution >= 4 is 29.9 Å². The number of amidine groups is 1. The molecular formula is C19H22ClN3O3. The standard InChI is InChI=1S/C19H21N3O3.ClH/c20-18(21)14-7-4-8-15(9-14)22-11-16(10-17(22)19(23)24)25-12-13-5-2-1-3-6-13;/h1-9,16-17H,10-12H2,(H3,20,21)(H,23,24);1H/t16-,17+;/m1./s1. The van der Waals surface area contributed by atoms with Crippen molar-refractivity contribution in [3.05, 3.63) is 65.7 Å². The van der Waals surface area contributed by atoms with E-state index in [1.54, 1.807) is 18.2 Å². The molecule has 1 aliphatic heterocycles. The SMILES string of the molecule is Cl.N=C(N)c1cccc(N2C[C@H](OCc3ccccc3)C[C@H]2C(=O)O)c1. The fraction of sp³-hybridized carbons (Fsp3) is 0.263. The van der Waals surface area contributed by atoms with Crippen LogP contribution in [0, 0.1) is 5.41 Å². The highest BCUT2D eigenvalue weighted by Crippen LogP contribution is 2.28. The van der Waals surface area contributed by atoms with E-state index in [0.717, 1.165) is 11.3 Å². The molecule has 1 aliphatic rings. The minimum absolute atomic E-state index is 0. The van der Waals surface area contributed by atoms with Crippen LogP contribution in [-0.2, 0) is 16.1 Å². The van der Waals surface area contributed by atoms with Crippen LogP contribution in [0.3, 0.4) is 0 Å². The molecular weight excluding hydrogens is 354 g/mol. The molecule has 3 rings (SSSR count). The maximum atomic E-state index is 11.7. The molecule has 2 aromatic rings. The molecule has 0 bridgehead atoms. The zero-order valence-electron chi connectivity index (χ0n) is 14.2. The van der Waals surface area contributed by atoms with Crippen LogP contribution in [0.15, 0.2) is 54.6 Å². The number of benzene rings is 2. The smallest absolute Gasteiger partial charge is 0.326 e. The summed E-state index contributed by atoms with van der Waals surface area (Å²) in [5.74, 6) is -0.913. The van der Waals surface area contributed by atoms with Crippen molar-refractivity contribution in [1.82, 2.24) is 0 Å². The Morgan fingerprint density at radius 1 is 1.23 bits per heavy atom. The number of aliphatic carboxylic acids is 1. The van der Waals surface area contributed by atoms with Gasteiger partial charge in [-0.15, -0.1) is 12.4 Å². The second-order valence-corrected chi connectivity index (χ2v) is 6.12. The third-order valence-electron chi connectivity index (χ3n) is 4.37. The maximum absolute atomic E-state index is 11.7. The molecule has 0 aromatic heterocycles. The largest absolute Gasteiger partial charge is 0.480 e. The van der Waals surface area contributed by atoms with Crippen molar-refractivity contribution in [2.24, 2.45) is 5.73 Å². The quantitative estimate of drug-likeness (QED) is 0.532. The normalized spacial score (nSPS) is 19.0. The molecule has 0 spiro atoms. The molecule has 0 unspecified atom stereocenters. The van der Waals surface area contributed by atoms with Crippen molar-refractivity contribution in [2.45, 2.75) is 25.2 Å². The molecule has 1 fully saturated rings. The highest BCUT2D eigenvalue weighted by Gasteiger charge is 2.37. The molecule has 0 saturated carbocycles. The number of halogens is 1. The molecule has 4 N–H and O–H groups in total. The topological polar surface area (TPSA) is 99.6 Å². The Kier molecular flexibility index (Phi) is 6.60. The van der Waals surface area contributed by atoms with Gasteiger partial charge in [-0.1, -0.05) is 42.5 Å². The van der Waals surface area contributed by atoms with Gasteiger partial charge in [-0.05, 0) is 17.7 Å². The van der Waals surface area contributed by atoms with Gasteiger partial charge in [0, 0.05) is 24.2 Å². The third-order valence-corrected chi connectivity index (χ3v) is 4.37. The lowest BCUT2D eigenvalue weighted by Gasteiger charge is -2.24. The van der Waals surface area contributed by atoms with Gasteiger partial charge in [-0.3, -0.25) is 5.41 Å². The average Bonchev–Trinajstić information content (AvgIpc) is 3.06. The van der Waals surface area contributed by atoms with Crippen LogP contribution in [0.2, 0.25) is 0 Å². The first-order chi connectivity index (χ1) is 12.0. The van der Waals surface area contributed by atoms with Crippen molar-refractivity contribution in [2.75, 3.05) is 11.4 Å². The molecule has 6 nitrogen and oxygen atoms in total. The van der Waals surface area contributed by atoms with E-state index in [4.69, 9.17) is 15.9 Å². The van der Waals surface area contributed by atoms with E-state index in [1.807, 2.05) is 41.3 Å². The number of ether oxygens (including phenoxy) is 1. The second-order valence-electron chi connectivity index (χ2n) is 6.12. The van der Waals surface area contributed by atoms with E-state index < -0.39 is 12.0 Å². The van der Waals surface area contributed by atoms with Crippen LogP contribution in [0.4, 0.5) is 5.69 Å². The van der Waals surface area contributed by atoms with Gasteiger partial charge < -0.3 is 20.5 Å². The summed E-state index contributed by atoms with van der Waals surface area (Å²) < 4.78 is 5.93. The number of nitrogens with one attached hydrogen (secondary N) is 1. The molecule has 0 amide bonds. The molecule has 26 heavy (non-hydrogen) atoms. The van der Waals surface area contributed by atoms with Crippen LogP contribution in [-0.4, -0.2) is 35.6 Å². The summed E-state index contributed by atoms with van der Waals surface area (Å²) in [6, 6.07) is 16.3. The average molecular weight is 376 g/mol. The maximum Gasteiger partial charge on any atom is 0.326 e. The minimum atomic E-state index is -0.876. The van der Waals surface area contributed by atoms with E-state index in [-0.39, 0.29) is 24.3 Å². The Morgan fingerprint density at radius 2 is 1.96 bits per heavy atom. The molecule has 1 heterocycles. The highest BCUT2D eigenvalue weighted by molar-refractivity contribution is 5.96. The first-order valence-electron chi connectivity index (χ1n) is 8.14. The van der Waals surface area contributed by atoms with Crippen LogP contribution < -0.4 is 10.6 Å². The van der Waals surface area contributed by atoms with Gasteiger partial charge >= 0.3 is 5.97 Å². The van der Waals surface area contributed by atoms with Crippen LogP contribution in [0.5, 0.6) is 0 Å². The monoisotopic (exact) mass is 375 g/mol. The number of nitrogen functional groups attached to an aromatic ring is 1. The second kappa shape index (κ2) is 8.69. The Labute approximate surface area is 158 Å². The van der Waals surface area contributed by atoms with Crippen molar-refractivity contribution in [1.29, 1.82) is 5.41 Å². The van der Waals surface area contributed by atoms with Gasteiger partial charge in [0.05, 0.1) is 12.7 Å². The number of carboxylic acids is 1. The van der Waals surface area contributed by atoms with E-state index in [2.05, 4.69) is 0 Å². The third kappa shape index (κ3) is 4.53. The zero-order valence-corrected chi connectivity index (χ0v) is 15.0. The number of nitrogens with two attached hydrogens (primary N) is 1. The molecule has 0 aliphatic carbocycles. The number of carbonyl (C=O) groups is 1. The van der Waals surface area contributed by atoms with E-state index >= 15 is 0 Å². The van der Waals surface area contributed by atoms with E-state index in [9.17, 15) is 9.90 Å². The summed E-state index contributed by atoms with van der Waals surface area (Å²) in [7, 11) is 0. The first kappa shape index (κ1) is 19.8. The lowest BCUT2D eigenvalue weighted by atomic mass is 10.1. The van der Waals surface area contributed by atoms with E-state index in [1.165, 1.54) is 0 Å². The Morgan fingerprint density at radius 3 is 2.62 bits per heavy atom. The highest BCUT2D eigenvalue weighted by atomic mass is 35.5. The Balaban J connectivity index is 0.00000243. The number of rotatable bonds is 6. The first-order valence-corrected chi connectivity index (χ1v) is 8.14. The number of carboxylic acid groups (broad SMARTS) is 1. The van der Waals surface area contributed by atoms with Crippen molar-refractivity contribution in [3.63, 3.8) is 0 Å². The summed E-state index contributed by atoms with van der Waals surface area (Å²) in [6.45, 7) is 0.949. The summed E-state index contributed by atoms with van der Waals surface area (Å²) in [5, 5.41) is 17.1. The van der Waals surface area contributed by atoms with E-state index in [0.29, 0.717) is 25.1 Å². The molecule has 138 valence electrons. The summed E-state index contributed by atoms with van der Waals surface area (Å²) in [5.41, 5.74) is 7.92. The van der Waals surface area contributed by atoms with Crippen molar-refractivity contribution in [3.8, 4) is 0 Å². The molecule has 1 saturated heterocycles. The minimum Gasteiger partial charge on any atom is -0.480 e. The van der Waals surface area contributed by atoms with Gasteiger partial charge in [-0.2, -0.15) is 0 Å². The number of anilines is 1. The predicted octanol–water partition coefficient (Wildman–Crippen LogP) is 2.64. The van der Waals surface area contributed by atoms with Crippen molar-refractivity contribution < 1.29 is 14.6 Å². The zero-order chi connectivity index (χ0) is 17.8. The lowest BCUT2D eigenvalue weighted by molar-refractivity contribution is -0.138. The van der Waals surface area contributed by atoms with Gasteiger partial charge in [0.2, 0.25) is 0 Å². The number of hydrogen-bond donors (Lipinski definition) is 3. The fourth-order valence-corrected chi connectivity index (χ4v) is 3.08. The van der Waals surface area contributed by atoms with Gasteiger partial charge in [0.15, 0.2) is 0 Å². The van der Waals surface area contributed by atoms with Crippen LogP contribution >= 0.6 is 12.4 Å². The summed E-state index contributed by atoms with van der Waals surface area (Å²) >= 11 is 0. The van der Waals surface area contributed by atoms with Gasteiger partial charge in [0.1, 0.15) is 11.9 Å². The molecule has 0 radical (unpaired) electrons.